The van der Waals surface area contributed by atoms with Gasteiger partial charge in [-0.1, -0.05) is 19.9 Å². The lowest BCUT2D eigenvalue weighted by atomic mass is 10.1. The Hall–Kier alpha value is -2.69. The summed E-state index contributed by atoms with van der Waals surface area (Å²) in [5.41, 5.74) is 8.20. The lowest BCUT2D eigenvalue weighted by molar-refractivity contribution is 0.506. The van der Waals surface area contributed by atoms with E-state index in [1.807, 2.05) is 24.3 Å². The van der Waals surface area contributed by atoms with Crippen molar-refractivity contribution >= 4 is 16.7 Å². The van der Waals surface area contributed by atoms with Crippen molar-refractivity contribution in [2.75, 3.05) is 5.73 Å². The maximum Gasteiger partial charge on any atom is 0.261 e. The van der Waals surface area contributed by atoms with E-state index in [9.17, 15) is 4.79 Å². The Balaban J connectivity index is 2.05. The summed E-state index contributed by atoms with van der Waals surface area (Å²) in [5, 5.41) is 0.630. The zero-order chi connectivity index (χ0) is 16.4. The van der Waals surface area contributed by atoms with Gasteiger partial charge < -0.3 is 5.73 Å². The monoisotopic (exact) mass is 308 g/mol. The van der Waals surface area contributed by atoms with Gasteiger partial charge in [0.25, 0.3) is 5.56 Å². The number of nitrogens with two attached hydrogens (primary N) is 1. The summed E-state index contributed by atoms with van der Waals surface area (Å²) < 4.78 is 1.69. The van der Waals surface area contributed by atoms with Crippen molar-refractivity contribution < 1.29 is 0 Å². The zero-order valence-electron chi connectivity index (χ0n) is 13.4. The fraction of sp³-hybridized carbons (Fsp3) is 0.278. The van der Waals surface area contributed by atoms with E-state index in [-0.39, 0.29) is 5.56 Å². The molecular weight excluding hydrogens is 288 g/mol. The summed E-state index contributed by atoms with van der Waals surface area (Å²) in [4.78, 5) is 21.2. The fourth-order valence-electron chi connectivity index (χ4n) is 2.47. The molecule has 0 bridgehead atoms. The van der Waals surface area contributed by atoms with Crippen molar-refractivity contribution in [3.63, 3.8) is 0 Å². The van der Waals surface area contributed by atoms with Crippen molar-refractivity contribution in [3.8, 4) is 11.1 Å². The molecule has 0 amide bonds. The Bertz CT molecular complexity index is 882. The highest BCUT2D eigenvalue weighted by Gasteiger charge is 2.07. The second-order valence-electron chi connectivity index (χ2n) is 6.13. The van der Waals surface area contributed by atoms with Gasteiger partial charge in [-0.25, -0.2) is 9.97 Å². The third kappa shape index (κ3) is 3.23. The van der Waals surface area contributed by atoms with Crippen LogP contribution in [0.5, 0.6) is 0 Å². The summed E-state index contributed by atoms with van der Waals surface area (Å²) in [7, 11) is 0. The van der Waals surface area contributed by atoms with Crippen molar-refractivity contribution in [2.24, 2.45) is 5.92 Å². The first kappa shape index (κ1) is 15.2. The molecule has 5 nitrogen and oxygen atoms in total. The van der Waals surface area contributed by atoms with E-state index in [2.05, 4.69) is 23.8 Å². The Morgan fingerprint density at radius 3 is 2.61 bits per heavy atom. The summed E-state index contributed by atoms with van der Waals surface area (Å²) in [6, 6.07) is 9.35. The summed E-state index contributed by atoms with van der Waals surface area (Å²) in [6.07, 6.45) is 4.30. The molecule has 23 heavy (non-hydrogen) atoms. The molecule has 0 spiro atoms. The molecule has 5 heteroatoms. The number of pyridine rings is 1. The number of anilines is 1. The molecule has 2 aromatic heterocycles. The number of nitrogen functional groups attached to an aromatic ring is 1. The maximum absolute atomic E-state index is 12.7. The number of benzene rings is 1. The van der Waals surface area contributed by atoms with Gasteiger partial charge in [0.2, 0.25) is 0 Å². The van der Waals surface area contributed by atoms with Crippen LogP contribution in [-0.4, -0.2) is 14.5 Å². The van der Waals surface area contributed by atoms with Crippen LogP contribution < -0.4 is 11.3 Å². The molecule has 0 fully saturated rings. The average molecular weight is 308 g/mol. The SMILES string of the molecule is CC(C)CCn1cnc2ccc(-c3ccc(N)nc3)cc2c1=O. The second-order valence-corrected chi connectivity index (χ2v) is 6.13. The standard InChI is InChI=1S/C18H20N4O/c1-12(2)7-8-22-11-21-16-5-3-13(9-15(16)18(22)23)14-4-6-17(19)20-10-14/h3-6,9-12H,7-8H2,1-2H3,(H2,19,20). The van der Waals surface area contributed by atoms with Crippen LogP contribution in [0.15, 0.2) is 47.7 Å². The number of hydrogen-bond donors (Lipinski definition) is 1. The average Bonchev–Trinajstić information content (AvgIpc) is 2.55. The van der Waals surface area contributed by atoms with Crippen LogP contribution in [0.25, 0.3) is 22.0 Å². The number of aryl methyl sites for hydroxylation is 1. The fourth-order valence-corrected chi connectivity index (χ4v) is 2.47. The van der Waals surface area contributed by atoms with E-state index in [1.54, 1.807) is 23.2 Å². The minimum atomic E-state index is 0.000837. The molecule has 0 unspecified atom stereocenters. The topological polar surface area (TPSA) is 73.8 Å². The highest BCUT2D eigenvalue weighted by molar-refractivity contribution is 5.83. The van der Waals surface area contributed by atoms with Crippen LogP contribution in [0.1, 0.15) is 20.3 Å². The lowest BCUT2D eigenvalue weighted by Crippen LogP contribution is -2.21. The predicted octanol–water partition coefficient (Wildman–Crippen LogP) is 3.09. The molecule has 1 aromatic carbocycles. The van der Waals surface area contributed by atoms with Crippen molar-refractivity contribution in [3.05, 3.63) is 53.2 Å². The number of hydrogen-bond acceptors (Lipinski definition) is 4. The molecule has 118 valence electrons. The molecule has 2 heterocycles. The number of rotatable bonds is 4. The largest absolute Gasteiger partial charge is 0.384 e. The third-order valence-corrected chi connectivity index (χ3v) is 3.89. The quantitative estimate of drug-likeness (QED) is 0.803. The Morgan fingerprint density at radius 2 is 1.91 bits per heavy atom. The molecule has 0 saturated heterocycles. The number of nitrogens with zero attached hydrogens (tertiary/aromatic N) is 3. The predicted molar refractivity (Wildman–Crippen MR) is 93.1 cm³/mol. The minimum absolute atomic E-state index is 0.000837. The smallest absolute Gasteiger partial charge is 0.261 e. The van der Waals surface area contributed by atoms with Gasteiger partial charge in [-0.3, -0.25) is 9.36 Å². The van der Waals surface area contributed by atoms with Crippen LogP contribution in [0.4, 0.5) is 5.82 Å². The highest BCUT2D eigenvalue weighted by atomic mass is 16.1. The van der Waals surface area contributed by atoms with Gasteiger partial charge in [0.15, 0.2) is 0 Å². The lowest BCUT2D eigenvalue weighted by Gasteiger charge is -2.09. The summed E-state index contributed by atoms with van der Waals surface area (Å²) in [5.74, 6) is 1.03. The van der Waals surface area contributed by atoms with E-state index in [4.69, 9.17) is 5.73 Å². The van der Waals surface area contributed by atoms with E-state index >= 15 is 0 Å². The third-order valence-electron chi connectivity index (χ3n) is 3.89. The van der Waals surface area contributed by atoms with Crippen molar-refractivity contribution in [2.45, 2.75) is 26.8 Å². The highest BCUT2D eigenvalue weighted by Crippen LogP contribution is 2.22. The van der Waals surface area contributed by atoms with Crippen LogP contribution in [-0.2, 0) is 6.54 Å². The van der Waals surface area contributed by atoms with Gasteiger partial charge in [-0.2, -0.15) is 0 Å². The molecule has 0 aliphatic rings. The zero-order valence-corrected chi connectivity index (χ0v) is 13.4. The van der Waals surface area contributed by atoms with E-state index < -0.39 is 0 Å². The minimum Gasteiger partial charge on any atom is -0.384 e. The molecule has 0 aliphatic heterocycles. The van der Waals surface area contributed by atoms with Gasteiger partial charge in [0, 0.05) is 18.3 Å². The Morgan fingerprint density at radius 1 is 1.13 bits per heavy atom. The Kier molecular flexibility index (Phi) is 4.10. The van der Waals surface area contributed by atoms with Gasteiger partial charge in [0.1, 0.15) is 5.82 Å². The van der Waals surface area contributed by atoms with Gasteiger partial charge in [0.05, 0.1) is 17.2 Å². The second kappa shape index (κ2) is 6.20. The first-order chi connectivity index (χ1) is 11.0. The summed E-state index contributed by atoms with van der Waals surface area (Å²) >= 11 is 0. The van der Waals surface area contributed by atoms with Gasteiger partial charge in [-0.15, -0.1) is 0 Å². The van der Waals surface area contributed by atoms with Crippen molar-refractivity contribution in [1.82, 2.24) is 14.5 Å². The summed E-state index contributed by atoms with van der Waals surface area (Å²) in [6.45, 7) is 4.98. The van der Waals surface area contributed by atoms with Crippen LogP contribution in [0, 0.1) is 5.92 Å². The Labute approximate surface area is 134 Å². The number of aromatic nitrogens is 3. The van der Waals surface area contributed by atoms with Crippen LogP contribution in [0.2, 0.25) is 0 Å². The van der Waals surface area contributed by atoms with E-state index in [0.29, 0.717) is 29.2 Å². The van der Waals surface area contributed by atoms with Crippen LogP contribution in [0.3, 0.4) is 0 Å². The molecule has 0 saturated carbocycles. The normalized spacial score (nSPS) is 11.3. The molecule has 0 atom stereocenters. The first-order valence-corrected chi connectivity index (χ1v) is 7.75. The van der Waals surface area contributed by atoms with Crippen LogP contribution >= 0.6 is 0 Å². The van der Waals surface area contributed by atoms with E-state index in [1.165, 1.54) is 0 Å². The van der Waals surface area contributed by atoms with Gasteiger partial charge >= 0.3 is 0 Å². The number of fused-ring (bicyclic) bond motifs is 1. The van der Waals surface area contributed by atoms with E-state index in [0.717, 1.165) is 17.5 Å². The molecule has 2 N–H and O–H groups in total. The molecule has 3 rings (SSSR count). The molecule has 0 aliphatic carbocycles. The first-order valence-electron chi connectivity index (χ1n) is 7.75. The maximum atomic E-state index is 12.7. The van der Waals surface area contributed by atoms with Gasteiger partial charge in [-0.05, 0) is 42.2 Å². The van der Waals surface area contributed by atoms with Crippen molar-refractivity contribution in [1.29, 1.82) is 0 Å². The molecular formula is C18H20N4O. The molecule has 0 radical (unpaired) electrons. The molecule has 3 aromatic rings.